The maximum absolute atomic E-state index is 12.7. The van der Waals surface area contributed by atoms with Crippen molar-refractivity contribution in [3.05, 3.63) is 47.0 Å². The van der Waals surface area contributed by atoms with E-state index in [1.165, 1.54) is 37.4 Å². The average molecular weight is 481 g/mol. The van der Waals surface area contributed by atoms with Crippen molar-refractivity contribution in [2.45, 2.75) is 31.0 Å². The van der Waals surface area contributed by atoms with Crippen LogP contribution < -0.4 is 19.5 Å². The van der Waals surface area contributed by atoms with Crippen molar-refractivity contribution in [1.29, 1.82) is 0 Å². The number of carbonyl (C=O) groups excluding carboxylic acids is 1. The van der Waals surface area contributed by atoms with E-state index in [2.05, 4.69) is 10.0 Å². The second kappa shape index (κ2) is 9.75. The molecule has 0 unspecified atom stereocenters. The van der Waals surface area contributed by atoms with Gasteiger partial charge in [-0.25, -0.2) is 13.1 Å². The minimum atomic E-state index is -4.58. The van der Waals surface area contributed by atoms with Gasteiger partial charge in [0.2, 0.25) is 10.0 Å². The topological polar surface area (TPSA) is 93.7 Å². The highest BCUT2D eigenvalue weighted by molar-refractivity contribution is 7.89. The van der Waals surface area contributed by atoms with E-state index in [1.807, 2.05) is 0 Å². The summed E-state index contributed by atoms with van der Waals surface area (Å²) in [6.45, 7) is 1.69. The van der Waals surface area contributed by atoms with Gasteiger partial charge in [-0.2, -0.15) is 13.2 Å². The summed E-state index contributed by atoms with van der Waals surface area (Å²) >= 11 is 5.88. The molecule has 0 aliphatic rings. The molecule has 170 valence electrons. The molecule has 7 nitrogen and oxygen atoms in total. The number of sulfonamides is 1. The lowest BCUT2D eigenvalue weighted by molar-refractivity contribution is -0.153. The van der Waals surface area contributed by atoms with Gasteiger partial charge in [-0.1, -0.05) is 11.6 Å². The Bertz CT molecular complexity index is 1060. The lowest BCUT2D eigenvalue weighted by atomic mass is 10.2. The fourth-order valence-electron chi connectivity index (χ4n) is 2.48. The molecule has 31 heavy (non-hydrogen) atoms. The molecule has 0 radical (unpaired) electrons. The first-order valence-electron chi connectivity index (χ1n) is 8.83. The number of hydrogen-bond donors (Lipinski definition) is 2. The Kier molecular flexibility index (Phi) is 7.79. The molecule has 12 heteroatoms. The normalized spacial score (nSPS) is 12.0. The van der Waals surface area contributed by atoms with Crippen LogP contribution in [0.1, 0.15) is 24.2 Å². The molecule has 0 fully saturated rings. The van der Waals surface area contributed by atoms with Gasteiger partial charge in [0.1, 0.15) is 16.4 Å². The zero-order valence-electron chi connectivity index (χ0n) is 16.7. The monoisotopic (exact) mass is 480 g/mol. The van der Waals surface area contributed by atoms with Crippen molar-refractivity contribution in [3.63, 3.8) is 0 Å². The molecular weight excluding hydrogens is 461 g/mol. The van der Waals surface area contributed by atoms with Crippen LogP contribution in [-0.2, 0) is 10.0 Å². The van der Waals surface area contributed by atoms with Gasteiger partial charge in [0.15, 0.2) is 6.61 Å². The lowest BCUT2D eigenvalue weighted by Crippen LogP contribution is -2.30. The molecule has 2 N–H and O–H groups in total. The van der Waals surface area contributed by atoms with Gasteiger partial charge in [0.25, 0.3) is 5.91 Å². The Morgan fingerprint density at radius 3 is 2.35 bits per heavy atom. The maximum Gasteiger partial charge on any atom is 0.422 e. The van der Waals surface area contributed by atoms with E-state index in [0.29, 0.717) is 0 Å². The van der Waals surface area contributed by atoms with E-state index >= 15 is 0 Å². The predicted molar refractivity (Wildman–Crippen MR) is 109 cm³/mol. The molecule has 2 rings (SSSR count). The molecule has 0 bridgehead atoms. The minimum Gasteiger partial charge on any atom is -0.495 e. The SMILES string of the molecule is COc1ccc(C(=O)Nc2cc(Cl)ccc2OCC(F)(F)F)cc1S(=O)(=O)NC(C)C. The van der Waals surface area contributed by atoms with Crippen LogP contribution in [0.25, 0.3) is 0 Å². The molecule has 0 aliphatic heterocycles. The van der Waals surface area contributed by atoms with Gasteiger partial charge >= 0.3 is 6.18 Å². The van der Waals surface area contributed by atoms with E-state index in [9.17, 15) is 26.4 Å². The first-order valence-corrected chi connectivity index (χ1v) is 10.7. The third-order valence-electron chi connectivity index (χ3n) is 3.69. The summed E-state index contributed by atoms with van der Waals surface area (Å²) in [5.74, 6) is -1.03. The molecule has 1 amide bonds. The van der Waals surface area contributed by atoms with Gasteiger partial charge in [-0.3, -0.25) is 4.79 Å². The highest BCUT2D eigenvalue weighted by Crippen LogP contribution is 2.31. The van der Waals surface area contributed by atoms with Gasteiger partial charge in [-0.15, -0.1) is 0 Å². The van der Waals surface area contributed by atoms with E-state index in [-0.39, 0.29) is 32.7 Å². The summed E-state index contributed by atoms with van der Waals surface area (Å²) < 4.78 is 74.8. The van der Waals surface area contributed by atoms with Gasteiger partial charge < -0.3 is 14.8 Å². The highest BCUT2D eigenvalue weighted by atomic mass is 35.5. The van der Waals surface area contributed by atoms with Crippen LogP contribution in [0.4, 0.5) is 18.9 Å². The number of anilines is 1. The maximum atomic E-state index is 12.7. The van der Waals surface area contributed by atoms with Crippen molar-refractivity contribution in [2.75, 3.05) is 19.0 Å². The molecule has 2 aromatic rings. The molecule has 0 aliphatic carbocycles. The number of ether oxygens (including phenoxy) is 2. The lowest BCUT2D eigenvalue weighted by Gasteiger charge is -2.16. The van der Waals surface area contributed by atoms with Crippen LogP contribution in [0.2, 0.25) is 5.02 Å². The number of amides is 1. The molecule has 0 heterocycles. The predicted octanol–water partition coefficient (Wildman–Crippen LogP) is 4.23. The fraction of sp³-hybridized carbons (Fsp3) is 0.316. The third-order valence-corrected chi connectivity index (χ3v) is 5.60. The van der Waals surface area contributed by atoms with Crippen molar-refractivity contribution >= 4 is 33.2 Å². The van der Waals surface area contributed by atoms with Crippen LogP contribution in [0.15, 0.2) is 41.3 Å². The average Bonchev–Trinajstić information content (AvgIpc) is 2.65. The molecule has 2 aromatic carbocycles. The number of rotatable bonds is 8. The highest BCUT2D eigenvalue weighted by Gasteiger charge is 2.29. The van der Waals surface area contributed by atoms with E-state index in [0.717, 1.165) is 6.07 Å². The van der Waals surface area contributed by atoms with Crippen molar-refractivity contribution in [3.8, 4) is 11.5 Å². The number of methoxy groups -OCH3 is 1. The van der Waals surface area contributed by atoms with E-state index in [4.69, 9.17) is 21.1 Å². The molecule has 0 spiro atoms. The minimum absolute atomic E-state index is 0.0154. The Balaban J connectivity index is 2.37. The third kappa shape index (κ3) is 7.01. The van der Waals surface area contributed by atoms with Crippen LogP contribution in [0.3, 0.4) is 0 Å². The standard InChI is InChI=1S/C19H20ClF3N2O5S/c1-11(2)25-31(27,28)17-8-12(4-6-16(17)29-3)18(26)24-14-9-13(20)5-7-15(14)30-10-19(21,22)23/h4-9,11,25H,10H2,1-3H3,(H,24,26). The van der Waals surface area contributed by atoms with Gasteiger partial charge in [0, 0.05) is 16.6 Å². The molecule has 0 aromatic heterocycles. The number of benzene rings is 2. The molecule has 0 atom stereocenters. The first kappa shape index (κ1) is 24.8. The number of carbonyl (C=O) groups is 1. The van der Waals surface area contributed by atoms with Crippen molar-refractivity contribution in [1.82, 2.24) is 4.72 Å². The number of alkyl halides is 3. The quantitative estimate of drug-likeness (QED) is 0.589. The summed E-state index contributed by atoms with van der Waals surface area (Å²) in [5, 5.41) is 2.54. The summed E-state index contributed by atoms with van der Waals surface area (Å²) in [6, 6.07) is 6.99. The van der Waals surface area contributed by atoms with Crippen molar-refractivity contribution in [2.24, 2.45) is 0 Å². The zero-order chi connectivity index (χ0) is 23.4. The molecular formula is C19H20ClF3N2O5S. The fourth-order valence-corrected chi connectivity index (χ4v) is 4.10. The largest absolute Gasteiger partial charge is 0.495 e. The number of halogens is 4. The molecule has 0 saturated carbocycles. The molecule has 0 saturated heterocycles. The van der Waals surface area contributed by atoms with E-state index in [1.54, 1.807) is 13.8 Å². The second-order valence-electron chi connectivity index (χ2n) is 6.64. The Morgan fingerprint density at radius 1 is 1.13 bits per heavy atom. The van der Waals surface area contributed by atoms with Crippen LogP contribution >= 0.6 is 11.6 Å². The van der Waals surface area contributed by atoms with Crippen LogP contribution in [-0.4, -0.2) is 40.3 Å². The Labute approximate surface area is 182 Å². The Hall–Kier alpha value is -2.50. The number of hydrogen-bond acceptors (Lipinski definition) is 5. The van der Waals surface area contributed by atoms with E-state index < -0.39 is 34.8 Å². The first-order chi connectivity index (χ1) is 14.3. The smallest absolute Gasteiger partial charge is 0.422 e. The van der Waals surface area contributed by atoms with Gasteiger partial charge in [0.05, 0.1) is 12.8 Å². The zero-order valence-corrected chi connectivity index (χ0v) is 18.3. The summed E-state index contributed by atoms with van der Waals surface area (Å²) in [5.41, 5.74) is -0.186. The second-order valence-corrected chi connectivity index (χ2v) is 8.76. The Morgan fingerprint density at radius 2 is 1.77 bits per heavy atom. The van der Waals surface area contributed by atoms with Gasteiger partial charge in [-0.05, 0) is 50.2 Å². The summed E-state index contributed by atoms with van der Waals surface area (Å²) in [4.78, 5) is 12.4. The number of nitrogens with one attached hydrogen (secondary N) is 2. The summed E-state index contributed by atoms with van der Waals surface area (Å²) in [6.07, 6.45) is -4.58. The van der Waals surface area contributed by atoms with Crippen molar-refractivity contribution < 1.29 is 35.9 Å². The summed E-state index contributed by atoms with van der Waals surface area (Å²) in [7, 11) is -2.72. The van der Waals surface area contributed by atoms with Crippen LogP contribution in [0.5, 0.6) is 11.5 Å². The van der Waals surface area contributed by atoms with Crippen LogP contribution in [0, 0.1) is 0 Å².